The molecule has 1 unspecified atom stereocenters. The van der Waals surface area contributed by atoms with Crippen LogP contribution in [0.3, 0.4) is 0 Å². The zero-order chi connectivity index (χ0) is 10.7. The highest BCUT2D eigenvalue weighted by atomic mass is 35.5. The molecule has 0 saturated carbocycles. The van der Waals surface area contributed by atoms with Crippen molar-refractivity contribution in [3.63, 3.8) is 0 Å². The van der Waals surface area contributed by atoms with Gasteiger partial charge < -0.3 is 0 Å². The number of aryl methyl sites for hydroxylation is 1. The molecule has 0 saturated heterocycles. The second kappa shape index (κ2) is 4.26. The summed E-state index contributed by atoms with van der Waals surface area (Å²) in [5.74, 6) is -0.145. The lowest BCUT2D eigenvalue weighted by molar-refractivity contribution is -0.116. The summed E-state index contributed by atoms with van der Waals surface area (Å²) in [6.07, 6.45) is 0. The average molecular weight is 208 g/mol. The lowest BCUT2D eigenvalue weighted by atomic mass is 10.0. The predicted octanol–water partition coefficient (Wildman–Crippen LogP) is 2.74. The first-order valence-corrected chi connectivity index (χ1v) is 4.65. The number of alkyl halides is 1. The molecule has 0 heterocycles. The average Bonchev–Trinajstić information content (AvgIpc) is 2.16. The van der Waals surface area contributed by atoms with Crippen LogP contribution in [0.4, 0.5) is 0 Å². The maximum atomic E-state index is 11.1. The van der Waals surface area contributed by atoms with E-state index in [1.807, 2.05) is 19.1 Å². The van der Waals surface area contributed by atoms with E-state index >= 15 is 0 Å². The maximum Gasteiger partial charge on any atom is 0.152 e. The Morgan fingerprint density at radius 1 is 1.57 bits per heavy atom. The minimum absolute atomic E-state index is 0.145. The van der Waals surface area contributed by atoms with E-state index in [1.54, 1.807) is 12.1 Å². The van der Waals surface area contributed by atoms with Crippen molar-refractivity contribution in [1.82, 2.24) is 0 Å². The number of ketones is 1. The van der Waals surface area contributed by atoms with Gasteiger partial charge in [-0.05, 0) is 25.5 Å². The van der Waals surface area contributed by atoms with Gasteiger partial charge in [-0.25, -0.2) is 0 Å². The molecule has 1 rings (SSSR count). The van der Waals surface area contributed by atoms with Crippen LogP contribution in [0.2, 0.25) is 0 Å². The van der Waals surface area contributed by atoms with Crippen molar-refractivity contribution < 1.29 is 4.79 Å². The number of Topliss-reactive ketones (excluding diaryl/α,β-unsaturated/α-hetero) is 1. The van der Waals surface area contributed by atoms with Gasteiger partial charge in [0.25, 0.3) is 0 Å². The van der Waals surface area contributed by atoms with Gasteiger partial charge in [-0.1, -0.05) is 17.7 Å². The van der Waals surface area contributed by atoms with Gasteiger partial charge in [0.1, 0.15) is 5.38 Å². The van der Waals surface area contributed by atoms with Crippen LogP contribution >= 0.6 is 11.6 Å². The molecule has 0 bridgehead atoms. The second-order valence-electron chi connectivity index (χ2n) is 3.18. The largest absolute Gasteiger partial charge is 0.298 e. The fourth-order valence-electron chi connectivity index (χ4n) is 1.21. The van der Waals surface area contributed by atoms with Crippen molar-refractivity contribution in [3.8, 4) is 6.07 Å². The first kappa shape index (κ1) is 10.7. The minimum Gasteiger partial charge on any atom is -0.298 e. The van der Waals surface area contributed by atoms with E-state index in [1.165, 1.54) is 6.92 Å². The van der Waals surface area contributed by atoms with Gasteiger partial charge in [-0.15, -0.1) is 11.6 Å². The van der Waals surface area contributed by atoms with E-state index in [9.17, 15) is 4.79 Å². The standard InChI is InChI=1S/C11H10ClNO/c1-7-3-4-9(6-13)10(5-7)11(12)8(2)14/h3-5,11H,1-2H3. The number of nitriles is 1. The van der Waals surface area contributed by atoms with Crippen molar-refractivity contribution in [2.45, 2.75) is 19.2 Å². The molecular weight excluding hydrogens is 198 g/mol. The number of nitrogens with zero attached hydrogens (tertiary/aromatic N) is 1. The zero-order valence-corrected chi connectivity index (χ0v) is 8.80. The molecule has 0 aliphatic heterocycles. The van der Waals surface area contributed by atoms with Crippen molar-refractivity contribution in [2.24, 2.45) is 0 Å². The molecule has 0 aliphatic rings. The smallest absolute Gasteiger partial charge is 0.152 e. The van der Waals surface area contributed by atoms with Gasteiger partial charge >= 0.3 is 0 Å². The third kappa shape index (κ3) is 2.12. The van der Waals surface area contributed by atoms with E-state index in [0.29, 0.717) is 11.1 Å². The van der Waals surface area contributed by atoms with E-state index < -0.39 is 5.38 Å². The SMILES string of the molecule is CC(=O)C(Cl)c1cc(C)ccc1C#N. The Morgan fingerprint density at radius 3 is 2.71 bits per heavy atom. The normalized spacial score (nSPS) is 11.9. The van der Waals surface area contributed by atoms with Crippen LogP contribution in [-0.4, -0.2) is 5.78 Å². The first-order chi connectivity index (χ1) is 6.56. The third-order valence-electron chi connectivity index (χ3n) is 1.96. The van der Waals surface area contributed by atoms with Crippen molar-refractivity contribution in [3.05, 3.63) is 34.9 Å². The molecule has 1 aromatic carbocycles. The number of carbonyl (C=O) groups is 1. The summed E-state index contributed by atoms with van der Waals surface area (Å²) in [6.45, 7) is 3.32. The summed E-state index contributed by atoms with van der Waals surface area (Å²) in [5, 5.41) is 8.10. The second-order valence-corrected chi connectivity index (χ2v) is 3.61. The topological polar surface area (TPSA) is 40.9 Å². The van der Waals surface area contributed by atoms with Crippen LogP contribution in [0.25, 0.3) is 0 Å². The summed E-state index contributed by atoms with van der Waals surface area (Å²) < 4.78 is 0. The van der Waals surface area contributed by atoms with Crippen molar-refractivity contribution in [1.29, 1.82) is 5.26 Å². The van der Waals surface area contributed by atoms with Gasteiger partial charge in [0.2, 0.25) is 0 Å². The molecule has 0 aliphatic carbocycles. The Kier molecular flexibility index (Phi) is 3.27. The van der Waals surface area contributed by atoms with E-state index in [0.717, 1.165) is 5.56 Å². The van der Waals surface area contributed by atoms with Gasteiger partial charge in [0, 0.05) is 0 Å². The highest BCUT2D eigenvalue weighted by Gasteiger charge is 2.16. The summed E-state index contributed by atoms with van der Waals surface area (Å²) >= 11 is 5.90. The number of hydrogen-bond acceptors (Lipinski definition) is 2. The fourth-order valence-corrected chi connectivity index (χ4v) is 1.39. The van der Waals surface area contributed by atoms with E-state index in [4.69, 9.17) is 16.9 Å². The van der Waals surface area contributed by atoms with Gasteiger partial charge in [0.15, 0.2) is 5.78 Å². The molecule has 0 N–H and O–H groups in total. The van der Waals surface area contributed by atoms with Gasteiger partial charge in [-0.3, -0.25) is 4.79 Å². The molecule has 0 fully saturated rings. The molecule has 3 heteroatoms. The molecule has 0 amide bonds. The monoisotopic (exact) mass is 207 g/mol. The highest BCUT2D eigenvalue weighted by Crippen LogP contribution is 2.25. The van der Waals surface area contributed by atoms with Crippen molar-refractivity contribution >= 4 is 17.4 Å². The van der Waals surface area contributed by atoms with Crippen LogP contribution in [0, 0.1) is 18.3 Å². The summed E-state index contributed by atoms with van der Waals surface area (Å²) in [7, 11) is 0. The minimum atomic E-state index is -0.718. The molecule has 0 radical (unpaired) electrons. The first-order valence-electron chi connectivity index (χ1n) is 4.21. The van der Waals surface area contributed by atoms with E-state index in [-0.39, 0.29) is 5.78 Å². The zero-order valence-electron chi connectivity index (χ0n) is 8.04. The Labute approximate surface area is 88.1 Å². The molecule has 14 heavy (non-hydrogen) atoms. The van der Waals surface area contributed by atoms with Crippen LogP contribution in [0.15, 0.2) is 18.2 Å². The summed E-state index contributed by atoms with van der Waals surface area (Å²) in [4.78, 5) is 11.1. The van der Waals surface area contributed by atoms with E-state index in [2.05, 4.69) is 0 Å². The van der Waals surface area contributed by atoms with Crippen molar-refractivity contribution in [2.75, 3.05) is 0 Å². The molecule has 1 aromatic rings. The lowest BCUT2D eigenvalue weighted by Crippen LogP contribution is -2.04. The summed E-state index contributed by atoms with van der Waals surface area (Å²) in [5.41, 5.74) is 2.05. The quantitative estimate of drug-likeness (QED) is 0.700. The third-order valence-corrected chi connectivity index (χ3v) is 2.50. The Morgan fingerprint density at radius 2 is 2.21 bits per heavy atom. The Hall–Kier alpha value is -1.33. The fraction of sp³-hybridized carbons (Fsp3) is 0.273. The Balaban J connectivity index is 3.25. The number of halogens is 1. The molecule has 0 spiro atoms. The lowest BCUT2D eigenvalue weighted by Gasteiger charge is -2.08. The van der Waals surface area contributed by atoms with Crippen LogP contribution < -0.4 is 0 Å². The number of hydrogen-bond donors (Lipinski definition) is 0. The van der Waals surface area contributed by atoms with Gasteiger partial charge in [0.05, 0.1) is 11.6 Å². The molecule has 1 atom stereocenters. The summed E-state index contributed by atoms with van der Waals surface area (Å²) in [6, 6.07) is 7.31. The maximum absolute atomic E-state index is 11.1. The van der Waals surface area contributed by atoms with Crippen LogP contribution in [0.1, 0.15) is 29.0 Å². The molecule has 0 aromatic heterocycles. The molecular formula is C11H10ClNO. The predicted molar refractivity (Wildman–Crippen MR) is 55.2 cm³/mol. The van der Waals surface area contributed by atoms with Gasteiger partial charge in [-0.2, -0.15) is 5.26 Å². The van der Waals surface area contributed by atoms with Crippen LogP contribution in [-0.2, 0) is 4.79 Å². The number of rotatable bonds is 2. The highest BCUT2D eigenvalue weighted by molar-refractivity contribution is 6.31. The Bertz CT molecular complexity index is 406. The number of benzene rings is 1. The molecule has 72 valence electrons. The van der Waals surface area contributed by atoms with Crippen LogP contribution in [0.5, 0.6) is 0 Å². The molecule has 2 nitrogen and oxygen atoms in total. The number of carbonyl (C=O) groups excluding carboxylic acids is 1.